The van der Waals surface area contributed by atoms with Gasteiger partial charge in [0.1, 0.15) is 11.6 Å². The lowest BCUT2D eigenvalue weighted by Gasteiger charge is -2.32. The number of nitrogens with one attached hydrogen (secondary N) is 1. The van der Waals surface area contributed by atoms with Gasteiger partial charge in [0.05, 0.1) is 0 Å². The third-order valence-corrected chi connectivity index (χ3v) is 5.65. The first-order valence-electron chi connectivity index (χ1n) is 10.7. The van der Waals surface area contributed by atoms with Crippen LogP contribution in [-0.4, -0.2) is 29.8 Å². The first kappa shape index (κ1) is 25.3. The summed E-state index contributed by atoms with van der Waals surface area (Å²) in [7, 11) is 0. The summed E-state index contributed by atoms with van der Waals surface area (Å²) in [4.78, 5) is 27.3. The molecule has 0 heterocycles. The lowest BCUT2D eigenvalue weighted by molar-refractivity contribution is 0.0672. The minimum absolute atomic E-state index is 0.112. The molecular weight excluding hydrogens is 460 g/mol. The van der Waals surface area contributed by atoms with Crippen molar-refractivity contribution in [1.29, 1.82) is 0 Å². The van der Waals surface area contributed by atoms with Gasteiger partial charge in [-0.3, -0.25) is 9.59 Å². The molecule has 0 unspecified atom stereocenters. The summed E-state index contributed by atoms with van der Waals surface area (Å²) in [5.41, 5.74) is 6.88. The molecule has 0 bridgehead atoms. The topological polar surface area (TPSA) is 75.4 Å². The Kier molecular flexibility index (Phi) is 8.02. The van der Waals surface area contributed by atoms with Gasteiger partial charge in [0, 0.05) is 34.9 Å². The van der Waals surface area contributed by atoms with E-state index in [1.54, 1.807) is 29.2 Å². The van der Waals surface area contributed by atoms with Gasteiger partial charge >= 0.3 is 0 Å². The van der Waals surface area contributed by atoms with E-state index in [-0.39, 0.29) is 23.6 Å². The van der Waals surface area contributed by atoms with Crippen LogP contribution in [0.4, 0.5) is 14.5 Å². The molecule has 0 radical (unpaired) electrons. The number of carbonyl (C=O) groups is 2. The second-order valence-corrected chi connectivity index (χ2v) is 9.22. The van der Waals surface area contributed by atoms with Crippen LogP contribution < -0.4 is 11.1 Å². The van der Waals surface area contributed by atoms with Gasteiger partial charge in [0.15, 0.2) is 0 Å². The molecule has 0 fully saturated rings. The quantitative estimate of drug-likeness (QED) is 0.442. The maximum Gasteiger partial charge on any atom is 0.255 e. The van der Waals surface area contributed by atoms with Crippen molar-refractivity contribution in [2.45, 2.75) is 20.4 Å². The lowest BCUT2D eigenvalue weighted by atomic mass is 9.92. The van der Waals surface area contributed by atoms with Crippen LogP contribution in [0.1, 0.15) is 40.1 Å². The van der Waals surface area contributed by atoms with E-state index in [1.807, 2.05) is 13.8 Å². The monoisotopic (exact) mass is 485 g/mol. The molecule has 8 heteroatoms. The van der Waals surface area contributed by atoms with Crippen LogP contribution in [0.5, 0.6) is 0 Å². The number of rotatable bonds is 8. The Hall–Kier alpha value is -3.29. The fourth-order valence-corrected chi connectivity index (χ4v) is 3.57. The second-order valence-electron chi connectivity index (χ2n) is 8.81. The molecule has 3 N–H and O–H groups in total. The number of carbonyl (C=O) groups excluding carboxylic acids is 2. The predicted molar refractivity (Wildman–Crippen MR) is 130 cm³/mol. The number of anilines is 1. The maximum atomic E-state index is 13.7. The van der Waals surface area contributed by atoms with E-state index in [0.29, 0.717) is 29.4 Å². The predicted octanol–water partition coefficient (Wildman–Crippen LogP) is 5.50. The fourth-order valence-electron chi connectivity index (χ4n) is 3.40. The lowest BCUT2D eigenvalue weighted by Crippen LogP contribution is -2.41. The van der Waals surface area contributed by atoms with Gasteiger partial charge in [-0.2, -0.15) is 0 Å². The highest BCUT2D eigenvalue weighted by atomic mass is 35.5. The molecule has 0 aliphatic rings. The first-order valence-corrected chi connectivity index (χ1v) is 11.1. The zero-order chi connectivity index (χ0) is 24.9. The standard InChI is InChI=1S/C26H26ClF2N3O2/c1-26(2,15-30)16-32(25(34)18-6-4-8-21(29)12-18)14-19-13-22(9-10-23(19)27)31-24(33)17-5-3-7-20(28)11-17/h3-13H,14-16,30H2,1-2H3,(H,31,33). The third-order valence-electron chi connectivity index (χ3n) is 5.28. The normalized spacial score (nSPS) is 11.2. The first-order chi connectivity index (χ1) is 16.1. The zero-order valence-electron chi connectivity index (χ0n) is 18.9. The summed E-state index contributed by atoms with van der Waals surface area (Å²) < 4.78 is 27.2. The van der Waals surface area contributed by atoms with Crippen molar-refractivity contribution >= 4 is 29.1 Å². The Morgan fingerprint density at radius 3 is 2.21 bits per heavy atom. The van der Waals surface area contributed by atoms with Gasteiger partial charge in [-0.1, -0.05) is 37.6 Å². The van der Waals surface area contributed by atoms with Gasteiger partial charge < -0.3 is 16.0 Å². The highest BCUT2D eigenvalue weighted by molar-refractivity contribution is 6.31. The molecule has 0 aliphatic carbocycles. The Balaban J connectivity index is 1.87. The van der Waals surface area contributed by atoms with Crippen LogP contribution in [0.15, 0.2) is 66.7 Å². The molecule has 3 aromatic rings. The van der Waals surface area contributed by atoms with Crippen LogP contribution in [0, 0.1) is 17.0 Å². The average molecular weight is 486 g/mol. The van der Waals surface area contributed by atoms with E-state index in [1.165, 1.54) is 36.4 Å². The Morgan fingerprint density at radius 1 is 0.971 bits per heavy atom. The van der Waals surface area contributed by atoms with Crippen molar-refractivity contribution in [2.24, 2.45) is 11.1 Å². The van der Waals surface area contributed by atoms with Crippen molar-refractivity contribution in [1.82, 2.24) is 4.90 Å². The second kappa shape index (κ2) is 10.8. The summed E-state index contributed by atoms with van der Waals surface area (Å²) in [5, 5.41) is 3.11. The van der Waals surface area contributed by atoms with Crippen molar-refractivity contribution in [3.05, 3.63) is 100 Å². The van der Waals surface area contributed by atoms with Gasteiger partial charge in [0.25, 0.3) is 11.8 Å². The van der Waals surface area contributed by atoms with Crippen LogP contribution >= 0.6 is 11.6 Å². The minimum Gasteiger partial charge on any atom is -0.334 e. The minimum atomic E-state index is -0.515. The Labute approximate surface area is 202 Å². The summed E-state index contributed by atoms with van der Waals surface area (Å²) in [6.45, 7) is 4.60. The van der Waals surface area contributed by atoms with Gasteiger partial charge in [-0.15, -0.1) is 0 Å². The van der Waals surface area contributed by atoms with Gasteiger partial charge in [-0.25, -0.2) is 8.78 Å². The molecule has 178 valence electrons. The Morgan fingerprint density at radius 2 is 1.59 bits per heavy atom. The van der Waals surface area contributed by atoms with E-state index in [2.05, 4.69) is 5.32 Å². The molecule has 0 spiro atoms. The number of amides is 2. The van der Waals surface area contributed by atoms with Crippen LogP contribution in [0.25, 0.3) is 0 Å². The molecule has 0 atom stereocenters. The number of benzene rings is 3. The molecular formula is C26H26ClF2N3O2. The van der Waals surface area contributed by atoms with Crippen LogP contribution in [-0.2, 0) is 6.54 Å². The van der Waals surface area contributed by atoms with Crippen molar-refractivity contribution in [2.75, 3.05) is 18.4 Å². The molecule has 5 nitrogen and oxygen atoms in total. The molecule has 0 saturated carbocycles. The van der Waals surface area contributed by atoms with E-state index in [9.17, 15) is 18.4 Å². The molecule has 3 rings (SSSR count). The summed E-state index contributed by atoms with van der Waals surface area (Å²) >= 11 is 6.41. The number of hydrogen-bond acceptors (Lipinski definition) is 3. The van der Waals surface area contributed by atoms with Crippen LogP contribution in [0.2, 0.25) is 5.02 Å². The number of halogens is 3. The molecule has 2 amide bonds. The van der Waals surface area contributed by atoms with Gasteiger partial charge in [0.2, 0.25) is 0 Å². The van der Waals surface area contributed by atoms with E-state index >= 15 is 0 Å². The smallest absolute Gasteiger partial charge is 0.255 e. The van der Waals surface area contributed by atoms with Crippen molar-refractivity contribution < 1.29 is 18.4 Å². The third kappa shape index (κ3) is 6.62. The Bertz CT molecular complexity index is 1200. The molecule has 3 aromatic carbocycles. The van der Waals surface area contributed by atoms with E-state index < -0.39 is 23.0 Å². The summed E-state index contributed by atoms with van der Waals surface area (Å²) in [5.74, 6) is -1.88. The zero-order valence-corrected chi connectivity index (χ0v) is 19.7. The van der Waals surface area contributed by atoms with Crippen molar-refractivity contribution in [3.63, 3.8) is 0 Å². The highest BCUT2D eigenvalue weighted by Crippen LogP contribution is 2.26. The fraction of sp³-hybridized carbons (Fsp3) is 0.231. The van der Waals surface area contributed by atoms with Crippen molar-refractivity contribution in [3.8, 4) is 0 Å². The molecule has 0 saturated heterocycles. The average Bonchev–Trinajstić information content (AvgIpc) is 2.80. The molecule has 34 heavy (non-hydrogen) atoms. The SMILES string of the molecule is CC(C)(CN)CN(Cc1cc(NC(=O)c2cccc(F)c2)ccc1Cl)C(=O)c1cccc(F)c1. The summed E-state index contributed by atoms with van der Waals surface area (Å²) in [6.07, 6.45) is 0. The number of nitrogens with two attached hydrogens (primary N) is 1. The number of hydrogen-bond donors (Lipinski definition) is 2. The largest absolute Gasteiger partial charge is 0.334 e. The van der Waals surface area contributed by atoms with E-state index in [4.69, 9.17) is 17.3 Å². The highest BCUT2D eigenvalue weighted by Gasteiger charge is 2.26. The van der Waals surface area contributed by atoms with Crippen LogP contribution in [0.3, 0.4) is 0 Å². The maximum absolute atomic E-state index is 13.7. The number of nitrogens with zero attached hydrogens (tertiary/aromatic N) is 1. The summed E-state index contributed by atoms with van der Waals surface area (Å²) in [6, 6.07) is 15.7. The molecule has 0 aliphatic heterocycles. The van der Waals surface area contributed by atoms with E-state index in [0.717, 1.165) is 6.07 Å². The van der Waals surface area contributed by atoms with Gasteiger partial charge in [-0.05, 0) is 72.1 Å². The molecule has 0 aromatic heterocycles.